The predicted molar refractivity (Wildman–Crippen MR) is 113 cm³/mol. The zero-order valence-corrected chi connectivity index (χ0v) is 16.8. The van der Waals surface area contributed by atoms with E-state index in [1.165, 1.54) is 0 Å². The van der Waals surface area contributed by atoms with Gasteiger partial charge >= 0.3 is 0 Å². The number of pyridine rings is 1. The number of fused-ring (bicyclic) bond motifs is 2. The Labute approximate surface area is 172 Å². The van der Waals surface area contributed by atoms with Gasteiger partial charge in [0.25, 0.3) is 0 Å². The molecule has 154 valence electrons. The van der Waals surface area contributed by atoms with Crippen LogP contribution in [0.15, 0.2) is 42.6 Å². The highest BCUT2D eigenvalue weighted by molar-refractivity contribution is 5.89. The zero-order valence-electron chi connectivity index (χ0n) is 16.8. The zero-order chi connectivity index (χ0) is 20.9. The highest BCUT2D eigenvalue weighted by Crippen LogP contribution is 2.40. The summed E-state index contributed by atoms with van der Waals surface area (Å²) in [6.07, 6.45) is 3.53. The van der Waals surface area contributed by atoms with Crippen LogP contribution in [0.25, 0.3) is 21.8 Å². The fraction of sp³-hybridized carbons (Fsp3) is 0.261. The first-order chi connectivity index (χ1) is 14.5. The van der Waals surface area contributed by atoms with Gasteiger partial charge in [0.15, 0.2) is 23.1 Å². The second kappa shape index (κ2) is 6.88. The van der Waals surface area contributed by atoms with Crippen molar-refractivity contribution in [2.45, 2.75) is 25.3 Å². The van der Waals surface area contributed by atoms with Gasteiger partial charge < -0.3 is 24.9 Å². The van der Waals surface area contributed by atoms with Crippen LogP contribution in [0.2, 0.25) is 0 Å². The fourth-order valence-electron chi connectivity index (χ4n) is 3.50. The molecule has 5 rings (SSSR count). The van der Waals surface area contributed by atoms with Crippen molar-refractivity contribution in [3.8, 4) is 23.0 Å². The van der Waals surface area contributed by atoms with E-state index in [1.54, 1.807) is 49.7 Å². The Morgan fingerprint density at radius 1 is 1.07 bits per heavy atom. The van der Waals surface area contributed by atoms with Gasteiger partial charge in [-0.05, 0) is 50.1 Å². The van der Waals surface area contributed by atoms with Crippen molar-refractivity contribution in [2.75, 3.05) is 13.7 Å². The number of nitrogens with one attached hydrogen (secondary N) is 1. The normalized spacial score (nSPS) is 14.8. The first-order valence-corrected chi connectivity index (χ1v) is 9.80. The quantitative estimate of drug-likeness (QED) is 0.478. The van der Waals surface area contributed by atoms with Crippen LogP contribution in [0, 0.1) is 12.7 Å². The molecule has 0 bridgehead atoms. The molecule has 0 radical (unpaired) electrons. The number of nitrogens with zero attached hydrogens (tertiary/aromatic N) is 1. The number of methoxy groups -OCH3 is 1. The van der Waals surface area contributed by atoms with Gasteiger partial charge in [-0.15, -0.1) is 0 Å². The number of aromatic nitrogens is 2. The van der Waals surface area contributed by atoms with E-state index in [9.17, 15) is 4.39 Å². The maximum atomic E-state index is 15.0. The Morgan fingerprint density at radius 3 is 2.67 bits per heavy atom. The van der Waals surface area contributed by atoms with Crippen LogP contribution in [0.4, 0.5) is 4.39 Å². The number of aryl methyl sites for hydroxylation is 1. The molecule has 6 nitrogen and oxygen atoms in total. The summed E-state index contributed by atoms with van der Waals surface area (Å²) >= 11 is 0. The Hall–Kier alpha value is -3.32. The molecule has 1 saturated carbocycles. The molecule has 30 heavy (non-hydrogen) atoms. The maximum Gasteiger partial charge on any atom is 0.175 e. The lowest BCUT2D eigenvalue weighted by Gasteiger charge is -2.16. The summed E-state index contributed by atoms with van der Waals surface area (Å²) < 4.78 is 32.3. The molecule has 0 saturated heterocycles. The molecule has 0 amide bonds. The number of hydrogen-bond donors (Lipinski definition) is 2. The summed E-state index contributed by atoms with van der Waals surface area (Å²) in [6, 6.07) is 10.5. The van der Waals surface area contributed by atoms with Crippen molar-refractivity contribution in [3.63, 3.8) is 0 Å². The van der Waals surface area contributed by atoms with Gasteiger partial charge in [0.05, 0.1) is 18.2 Å². The van der Waals surface area contributed by atoms with E-state index in [-0.39, 0.29) is 11.3 Å². The summed E-state index contributed by atoms with van der Waals surface area (Å²) in [6.45, 7) is 2.31. The summed E-state index contributed by atoms with van der Waals surface area (Å²) in [5, 5.41) is 1.19. The van der Waals surface area contributed by atoms with Crippen LogP contribution < -0.4 is 19.9 Å². The molecule has 0 spiro atoms. The minimum atomic E-state index is -0.411. The minimum absolute atomic E-state index is 0.145. The third-order valence-electron chi connectivity index (χ3n) is 5.45. The van der Waals surface area contributed by atoms with Gasteiger partial charge in [-0.2, -0.15) is 0 Å². The van der Waals surface area contributed by atoms with E-state index in [1.807, 2.05) is 6.92 Å². The van der Waals surface area contributed by atoms with Crippen molar-refractivity contribution in [1.82, 2.24) is 9.97 Å². The van der Waals surface area contributed by atoms with Crippen LogP contribution >= 0.6 is 0 Å². The number of ether oxygens (including phenoxy) is 3. The lowest BCUT2D eigenvalue weighted by Crippen LogP contribution is -2.29. The van der Waals surface area contributed by atoms with Gasteiger partial charge in [0.1, 0.15) is 12.4 Å². The predicted octanol–water partition coefficient (Wildman–Crippen LogP) is 4.83. The Morgan fingerprint density at radius 2 is 1.90 bits per heavy atom. The van der Waals surface area contributed by atoms with Crippen LogP contribution in [-0.4, -0.2) is 29.2 Å². The first-order valence-electron chi connectivity index (χ1n) is 9.80. The number of nitrogens with two attached hydrogens (primary N) is 1. The number of hydrogen-bond acceptors (Lipinski definition) is 5. The number of aromatic amines is 1. The molecule has 1 fully saturated rings. The van der Waals surface area contributed by atoms with Crippen LogP contribution in [0.1, 0.15) is 18.5 Å². The van der Waals surface area contributed by atoms with E-state index in [0.717, 1.165) is 24.1 Å². The fourth-order valence-corrected chi connectivity index (χ4v) is 3.50. The molecular weight excluding hydrogens is 385 g/mol. The molecule has 2 heterocycles. The third-order valence-corrected chi connectivity index (χ3v) is 5.45. The molecule has 3 N–H and O–H groups in total. The third kappa shape index (κ3) is 3.31. The monoisotopic (exact) mass is 407 g/mol. The Kier molecular flexibility index (Phi) is 4.29. The SMILES string of the molecule is COc1cc2c(Oc3ccc4[nH]c(C)cc4c3F)ccnc2cc1OCC1(N)CC1. The molecule has 2 aromatic carbocycles. The van der Waals surface area contributed by atoms with Crippen molar-refractivity contribution in [3.05, 3.63) is 54.1 Å². The summed E-state index contributed by atoms with van der Waals surface area (Å²) in [5.74, 6) is 1.33. The highest BCUT2D eigenvalue weighted by atomic mass is 19.1. The highest BCUT2D eigenvalue weighted by Gasteiger charge is 2.39. The van der Waals surface area contributed by atoms with E-state index in [4.69, 9.17) is 19.9 Å². The minimum Gasteiger partial charge on any atom is -0.493 e. The lowest BCUT2D eigenvalue weighted by molar-refractivity contribution is 0.264. The van der Waals surface area contributed by atoms with Crippen LogP contribution in [0.3, 0.4) is 0 Å². The first kappa shape index (κ1) is 18.7. The van der Waals surface area contributed by atoms with E-state index in [0.29, 0.717) is 40.1 Å². The molecule has 1 aliphatic rings. The second-order valence-electron chi connectivity index (χ2n) is 7.87. The number of H-pyrrole nitrogens is 1. The van der Waals surface area contributed by atoms with Crippen molar-refractivity contribution in [1.29, 1.82) is 0 Å². The van der Waals surface area contributed by atoms with Gasteiger partial charge in [-0.25, -0.2) is 4.39 Å². The lowest BCUT2D eigenvalue weighted by atomic mass is 10.1. The summed E-state index contributed by atoms with van der Waals surface area (Å²) in [7, 11) is 1.57. The molecule has 0 unspecified atom stereocenters. The average molecular weight is 407 g/mol. The largest absolute Gasteiger partial charge is 0.493 e. The molecule has 4 aromatic rings. The van der Waals surface area contributed by atoms with Gasteiger partial charge in [0.2, 0.25) is 0 Å². The average Bonchev–Trinajstić information content (AvgIpc) is 3.35. The summed E-state index contributed by atoms with van der Waals surface area (Å²) in [5.41, 5.74) is 8.15. The standard InChI is InChI=1S/C23H22FN3O3/c1-13-9-15-16(27-13)3-4-19(22(15)24)30-18-5-8-26-17-11-21(20(28-2)10-14(17)18)29-12-23(25)6-7-23/h3-5,8-11,27H,6-7,12,25H2,1-2H3. The number of halogens is 1. The van der Waals surface area contributed by atoms with Gasteiger partial charge in [-0.3, -0.25) is 4.98 Å². The van der Waals surface area contributed by atoms with Crippen molar-refractivity contribution in [2.24, 2.45) is 5.73 Å². The van der Waals surface area contributed by atoms with Gasteiger partial charge in [0, 0.05) is 34.2 Å². The number of rotatable bonds is 6. The number of benzene rings is 2. The smallest absolute Gasteiger partial charge is 0.175 e. The Bertz CT molecular complexity index is 1260. The topological polar surface area (TPSA) is 82.4 Å². The van der Waals surface area contributed by atoms with Crippen molar-refractivity contribution >= 4 is 21.8 Å². The summed E-state index contributed by atoms with van der Waals surface area (Å²) in [4.78, 5) is 7.53. The molecule has 7 heteroatoms. The van der Waals surface area contributed by atoms with Gasteiger partial charge in [-0.1, -0.05) is 0 Å². The van der Waals surface area contributed by atoms with E-state index >= 15 is 0 Å². The molecule has 0 atom stereocenters. The second-order valence-corrected chi connectivity index (χ2v) is 7.87. The van der Waals surface area contributed by atoms with Crippen LogP contribution in [0.5, 0.6) is 23.0 Å². The molecule has 0 aliphatic heterocycles. The van der Waals surface area contributed by atoms with Crippen molar-refractivity contribution < 1.29 is 18.6 Å². The molecular formula is C23H22FN3O3. The maximum absolute atomic E-state index is 15.0. The van der Waals surface area contributed by atoms with E-state index < -0.39 is 5.82 Å². The Balaban J connectivity index is 1.52. The molecule has 1 aliphatic carbocycles. The molecule has 2 aromatic heterocycles. The van der Waals surface area contributed by atoms with E-state index in [2.05, 4.69) is 9.97 Å². The van der Waals surface area contributed by atoms with Crippen LogP contribution in [-0.2, 0) is 0 Å².